The molecule has 34 heavy (non-hydrogen) atoms. The molecule has 7 nitrogen and oxygen atoms in total. The molecule has 4 aromatic rings. The fourth-order valence-electron chi connectivity index (χ4n) is 4.82. The van der Waals surface area contributed by atoms with Gasteiger partial charge in [0.2, 0.25) is 0 Å². The summed E-state index contributed by atoms with van der Waals surface area (Å²) < 4.78 is 1.45. The topological polar surface area (TPSA) is 91.0 Å². The number of aromatic nitrogens is 3. The van der Waals surface area contributed by atoms with Gasteiger partial charge in [0, 0.05) is 34.4 Å². The lowest BCUT2D eigenvalue weighted by molar-refractivity contribution is -0.136. The van der Waals surface area contributed by atoms with Gasteiger partial charge in [-0.1, -0.05) is 50.2 Å². The highest BCUT2D eigenvalue weighted by Gasteiger charge is 2.42. The molecule has 2 amide bonds. The van der Waals surface area contributed by atoms with E-state index >= 15 is 0 Å². The van der Waals surface area contributed by atoms with Gasteiger partial charge in [-0.15, -0.1) is 0 Å². The van der Waals surface area contributed by atoms with E-state index in [1.807, 2.05) is 75.4 Å². The van der Waals surface area contributed by atoms with Crippen molar-refractivity contribution < 1.29 is 9.59 Å². The molecule has 1 aliphatic rings. The second kappa shape index (κ2) is 8.33. The molecule has 0 saturated heterocycles. The number of H-pyrrole nitrogens is 2. The molecule has 5 rings (SSSR count). The Bertz CT molecular complexity index is 1520. The van der Waals surface area contributed by atoms with Crippen molar-refractivity contribution >= 4 is 33.9 Å². The van der Waals surface area contributed by atoms with Crippen LogP contribution in [0.4, 0.5) is 0 Å². The molecule has 1 aliphatic heterocycles. The number of carbonyl (C=O) groups is 2. The number of aromatic amines is 2. The molecule has 2 aromatic heterocycles. The number of fused-ring (bicyclic) bond motifs is 1. The highest BCUT2D eigenvalue weighted by molar-refractivity contribution is 6.50. The van der Waals surface area contributed by atoms with Crippen LogP contribution in [0.3, 0.4) is 0 Å². The summed E-state index contributed by atoms with van der Waals surface area (Å²) in [6.07, 6.45) is 1.14. The normalized spacial score (nSPS) is 14.1. The first kappa shape index (κ1) is 21.7. The van der Waals surface area contributed by atoms with E-state index in [2.05, 4.69) is 10.1 Å². The molecule has 7 heteroatoms. The van der Waals surface area contributed by atoms with Gasteiger partial charge in [-0.25, -0.2) is 4.68 Å². The van der Waals surface area contributed by atoms with Crippen LogP contribution in [0, 0.1) is 6.92 Å². The summed E-state index contributed by atoms with van der Waals surface area (Å²) in [5, 5.41) is 4.02. The van der Waals surface area contributed by atoms with Gasteiger partial charge in [0.15, 0.2) is 0 Å². The maximum absolute atomic E-state index is 13.7. The van der Waals surface area contributed by atoms with Gasteiger partial charge in [0.05, 0.1) is 22.4 Å². The predicted molar refractivity (Wildman–Crippen MR) is 133 cm³/mol. The second-order valence-corrected chi connectivity index (χ2v) is 8.48. The highest BCUT2D eigenvalue weighted by Crippen LogP contribution is 2.40. The summed E-state index contributed by atoms with van der Waals surface area (Å²) in [7, 11) is 0. The van der Waals surface area contributed by atoms with Gasteiger partial charge < -0.3 is 4.98 Å². The van der Waals surface area contributed by atoms with Crippen LogP contribution in [0.5, 0.6) is 0 Å². The Morgan fingerprint density at radius 2 is 1.47 bits per heavy atom. The van der Waals surface area contributed by atoms with Crippen LogP contribution < -0.4 is 5.56 Å². The molecule has 0 spiro atoms. The van der Waals surface area contributed by atoms with Crippen LogP contribution in [0.25, 0.3) is 27.7 Å². The first-order valence-electron chi connectivity index (χ1n) is 11.6. The Morgan fingerprint density at radius 1 is 0.824 bits per heavy atom. The number of hydrogen-bond acceptors (Lipinski definition) is 3. The Hall–Kier alpha value is -4.13. The van der Waals surface area contributed by atoms with Crippen LogP contribution in [0.1, 0.15) is 42.8 Å². The van der Waals surface area contributed by atoms with Gasteiger partial charge >= 0.3 is 0 Å². The van der Waals surface area contributed by atoms with Crippen LogP contribution in [-0.2, 0) is 16.0 Å². The quantitative estimate of drug-likeness (QED) is 0.428. The predicted octanol–water partition coefficient (Wildman–Crippen LogP) is 4.21. The summed E-state index contributed by atoms with van der Waals surface area (Å²) in [6.45, 7) is 6.03. The third kappa shape index (κ3) is 3.15. The van der Waals surface area contributed by atoms with Crippen molar-refractivity contribution in [1.29, 1.82) is 0 Å². The standard InChI is InChI=1S/C27H26N4O3/c1-4-15-30-25(32)23(21-16(3)28-20-14-10-9-13-18(20)21)24(26(30)33)22-19(5-2)29-31(27(22)34)17-11-7-6-8-12-17/h6-14,28-29H,4-5,15H2,1-3H3. The zero-order chi connectivity index (χ0) is 24.0. The smallest absolute Gasteiger partial charge is 0.279 e. The molecular formula is C27H26N4O3. The largest absolute Gasteiger partial charge is 0.358 e. The molecule has 0 atom stereocenters. The molecule has 0 radical (unpaired) electrons. The molecule has 2 aromatic carbocycles. The minimum Gasteiger partial charge on any atom is -0.358 e. The molecule has 0 aliphatic carbocycles. The number of imide groups is 1. The van der Waals surface area contributed by atoms with Gasteiger partial charge in [0.1, 0.15) is 0 Å². The molecule has 172 valence electrons. The number of amides is 2. The van der Waals surface area contributed by atoms with E-state index in [1.54, 1.807) is 0 Å². The van der Waals surface area contributed by atoms with E-state index in [9.17, 15) is 14.4 Å². The third-order valence-electron chi connectivity index (χ3n) is 6.34. The Balaban J connectivity index is 1.85. The lowest BCUT2D eigenvalue weighted by Crippen LogP contribution is -2.32. The fourth-order valence-corrected chi connectivity index (χ4v) is 4.82. The Labute approximate surface area is 196 Å². The van der Waals surface area contributed by atoms with Crippen LogP contribution in [-0.4, -0.2) is 38.0 Å². The zero-order valence-electron chi connectivity index (χ0n) is 19.4. The van der Waals surface area contributed by atoms with E-state index in [4.69, 9.17) is 0 Å². The molecule has 3 heterocycles. The molecule has 0 saturated carbocycles. The number of rotatable bonds is 6. The number of aryl methyl sites for hydroxylation is 2. The van der Waals surface area contributed by atoms with Crippen molar-refractivity contribution in [2.75, 3.05) is 6.54 Å². The Morgan fingerprint density at radius 3 is 2.15 bits per heavy atom. The molecule has 2 N–H and O–H groups in total. The minimum atomic E-state index is -0.419. The number of nitrogens with zero attached hydrogens (tertiary/aromatic N) is 2. The summed E-state index contributed by atoms with van der Waals surface area (Å²) in [5.74, 6) is -0.777. The average molecular weight is 455 g/mol. The number of nitrogens with one attached hydrogen (secondary N) is 2. The maximum atomic E-state index is 13.7. The molecule has 0 fully saturated rings. The van der Waals surface area contributed by atoms with E-state index < -0.39 is 5.91 Å². The minimum absolute atomic E-state index is 0.180. The SMILES string of the molecule is CCCN1C(=O)C(c2c(CC)[nH]n(-c3ccccc3)c2=O)=C(c2c(C)[nH]c3ccccc23)C1=O. The maximum Gasteiger partial charge on any atom is 0.279 e. The van der Waals surface area contributed by atoms with E-state index in [1.165, 1.54) is 9.58 Å². The highest BCUT2D eigenvalue weighted by atomic mass is 16.2. The van der Waals surface area contributed by atoms with Gasteiger partial charge in [-0.3, -0.25) is 24.4 Å². The monoisotopic (exact) mass is 454 g/mol. The van der Waals surface area contributed by atoms with Gasteiger partial charge in [-0.2, -0.15) is 0 Å². The van der Waals surface area contributed by atoms with Crippen molar-refractivity contribution in [2.24, 2.45) is 0 Å². The van der Waals surface area contributed by atoms with Gasteiger partial charge in [-0.05, 0) is 38.0 Å². The summed E-state index contributed by atoms with van der Waals surface area (Å²) >= 11 is 0. The van der Waals surface area contributed by atoms with Crippen LogP contribution >= 0.6 is 0 Å². The average Bonchev–Trinajstić information content (AvgIpc) is 3.43. The number of para-hydroxylation sites is 2. The molecular weight excluding hydrogens is 428 g/mol. The van der Waals surface area contributed by atoms with Crippen molar-refractivity contribution in [3.8, 4) is 5.69 Å². The number of carbonyl (C=O) groups excluding carboxylic acids is 2. The second-order valence-electron chi connectivity index (χ2n) is 8.48. The van der Waals surface area contributed by atoms with Crippen LogP contribution in [0.2, 0.25) is 0 Å². The van der Waals surface area contributed by atoms with E-state index in [-0.39, 0.29) is 22.6 Å². The van der Waals surface area contributed by atoms with Crippen molar-refractivity contribution in [3.05, 3.63) is 87.5 Å². The Kier molecular flexibility index (Phi) is 5.32. The lowest BCUT2D eigenvalue weighted by Gasteiger charge is -2.13. The molecule has 0 bridgehead atoms. The number of hydrogen-bond donors (Lipinski definition) is 2. The summed E-state index contributed by atoms with van der Waals surface area (Å²) in [5.41, 5.74) is 4.03. The van der Waals surface area contributed by atoms with E-state index in [0.29, 0.717) is 41.9 Å². The van der Waals surface area contributed by atoms with Crippen molar-refractivity contribution in [2.45, 2.75) is 33.6 Å². The zero-order valence-corrected chi connectivity index (χ0v) is 19.4. The van der Waals surface area contributed by atoms with Crippen LogP contribution in [0.15, 0.2) is 59.4 Å². The number of benzene rings is 2. The third-order valence-corrected chi connectivity index (χ3v) is 6.34. The first-order valence-corrected chi connectivity index (χ1v) is 11.6. The van der Waals surface area contributed by atoms with Crippen molar-refractivity contribution in [3.63, 3.8) is 0 Å². The summed E-state index contributed by atoms with van der Waals surface area (Å²) in [4.78, 5) is 45.7. The van der Waals surface area contributed by atoms with Crippen molar-refractivity contribution in [1.82, 2.24) is 19.7 Å². The summed E-state index contributed by atoms with van der Waals surface area (Å²) in [6, 6.07) is 16.9. The van der Waals surface area contributed by atoms with Gasteiger partial charge in [0.25, 0.3) is 17.4 Å². The lowest BCUT2D eigenvalue weighted by atomic mass is 9.94. The fraction of sp³-hybridized carbons (Fsp3) is 0.222. The first-order chi connectivity index (χ1) is 16.5. The molecule has 0 unspecified atom stereocenters. The van der Waals surface area contributed by atoms with E-state index in [0.717, 1.165) is 16.6 Å².